The van der Waals surface area contributed by atoms with Gasteiger partial charge in [0.25, 0.3) is 5.91 Å². The molecular weight excluding hydrogens is 557 g/mol. The smallest absolute Gasteiger partial charge is 0.303 e. The van der Waals surface area contributed by atoms with Gasteiger partial charge >= 0.3 is 10.2 Å². The van der Waals surface area contributed by atoms with Crippen molar-refractivity contribution in [2.45, 2.75) is 57.5 Å². The summed E-state index contributed by atoms with van der Waals surface area (Å²) in [6.07, 6.45) is 5.63. The van der Waals surface area contributed by atoms with E-state index in [1.54, 1.807) is 12.1 Å². The highest BCUT2D eigenvalue weighted by Crippen LogP contribution is 2.47. The Kier molecular flexibility index (Phi) is 8.28. The number of hydrogen-bond donors (Lipinski definition) is 2. The number of rotatable bonds is 2. The van der Waals surface area contributed by atoms with Crippen LogP contribution in [0.4, 0.5) is 4.39 Å². The first-order chi connectivity index (χ1) is 20.2. The highest BCUT2D eigenvalue weighted by atomic mass is 32.2. The maximum atomic E-state index is 14.5. The normalized spacial score (nSPS) is 22.8. The lowest BCUT2D eigenvalue weighted by molar-refractivity contribution is 0.0979. The molecule has 1 aliphatic carbocycles. The van der Waals surface area contributed by atoms with Gasteiger partial charge in [0, 0.05) is 67.9 Å². The minimum absolute atomic E-state index is 0.0675. The Morgan fingerprint density at radius 1 is 1.05 bits per heavy atom. The van der Waals surface area contributed by atoms with Gasteiger partial charge in [-0.3, -0.25) is 4.79 Å². The topological polar surface area (TPSA) is 95.9 Å². The first-order valence-corrected chi connectivity index (χ1v) is 16.5. The molecule has 1 atom stereocenters. The van der Waals surface area contributed by atoms with Crippen LogP contribution in [0.3, 0.4) is 0 Å². The fourth-order valence-electron chi connectivity index (χ4n) is 6.71. The molecule has 11 heteroatoms. The van der Waals surface area contributed by atoms with Crippen molar-refractivity contribution in [2.75, 3.05) is 46.4 Å². The molecule has 3 heterocycles. The van der Waals surface area contributed by atoms with Gasteiger partial charge in [-0.2, -0.15) is 12.7 Å². The molecule has 0 saturated heterocycles. The van der Waals surface area contributed by atoms with E-state index in [4.69, 9.17) is 4.74 Å². The Bertz CT molecular complexity index is 1580. The van der Waals surface area contributed by atoms with Crippen LogP contribution in [0.5, 0.6) is 5.75 Å². The summed E-state index contributed by atoms with van der Waals surface area (Å²) in [5, 5.41) is 4.70. The zero-order chi connectivity index (χ0) is 29.4. The molecule has 0 radical (unpaired) electrons. The summed E-state index contributed by atoms with van der Waals surface area (Å²) in [5.41, 5.74) is 4.19. The summed E-state index contributed by atoms with van der Waals surface area (Å²) < 4.78 is 52.7. The van der Waals surface area contributed by atoms with Crippen LogP contribution in [-0.2, 0) is 16.8 Å². The maximum absolute atomic E-state index is 14.5. The van der Waals surface area contributed by atoms with Crippen LogP contribution in [-0.4, -0.2) is 80.5 Å². The Labute approximate surface area is 247 Å². The largest absolute Gasteiger partial charge is 0.491 e. The molecule has 1 saturated carbocycles. The molecule has 2 aliphatic heterocycles. The number of carbonyl (C=O) groups is 1. The number of fused-ring (bicyclic) bond motifs is 4. The Morgan fingerprint density at radius 2 is 1.86 bits per heavy atom. The van der Waals surface area contributed by atoms with E-state index >= 15 is 0 Å². The predicted octanol–water partition coefficient (Wildman–Crippen LogP) is 4.09. The molecule has 9 nitrogen and oxygen atoms in total. The third-order valence-corrected chi connectivity index (χ3v) is 10.5. The second kappa shape index (κ2) is 11.9. The van der Waals surface area contributed by atoms with Crippen molar-refractivity contribution >= 4 is 27.0 Å². The van der Waals surface area contributed by atoms with Crippen LogP contribution in [0, 0.1) is 5.82 Å². The van der Waals surface area contributed by atoms with Crippen LogP contribution in [0.15, 0.2) is 36.4 Å². The quantitative estimate of drug-likeness (QED) is 0.462. The lowest BCUT2D eigenvalue weighted by atomic mass is 9.81. The molecule has 1 amide bonds. The van der Waals surface area contributed by atoms with E-state index in [-0.39, 0.29) is 24.0 Å². The molecule has 4 bridgehead atoms. The van der Waals surface area contributed by atoms with Crippen LogP contribution in [0.1, 0.15) is 60.9 Å². The van der Waals surface area contributed by atoms with Gasteiger partial charge in [0.1, 0.15) is 18.2 Å². The second-order valence-electron chi connectivity index (χ2n) is 11.7. The molecule has 3 aromatic rings. The summed E-state index contributed by atoms with van der Waals surface area (Å²) in [7, 11) is -2.53. The number of hydrogen-bond acceptors (Lipinski definition) is 6. The summed E-state index contributed by atoms with van der Waals surface area (Å²) in [5.74, 6) is -0.176. The SMILES string of the molecule is CCN1CCNC2COc3cc(F)ccc3-c3c(C4CCCCC4)c4ccc(cc4n3C2)C(=O)NS(=O)(=O)N(C)CC1. The van der Waals surface area contributed by atoms with Gasteiger partial charge in [-0.15, -0.1) is 0 Å². The number of nitrogens with one attached hydrogen (secondary N) is 2. The van der Waals surface area contributed by atoms with Crippen molar-refractivity contribution in [2.24, 2.45) is 0 Å². The van der Waals surface area contributed by atoms with E-state index in [0.29, 0.717) is 37.9 Å². The zero-order valence-corrected chi connectivity index (χ0v) is 25.2. The Balaban J connectivity index is 1.56. The van der Waals surface area contributed by atoms with E-state index in [2.05, 4.69) is 19.5 Å². The summed E-state index contributed by atoms with van der Waals surface area (Å²) >= 11 is 0. The lowest BCUT2D eigenvalue weighted by Gasteiger charge is -2.29. The highest BCUT2D eigenvalue weighted by molar-refractivity contribution is 7.87. The van der Waals surface area contributed by atoms with Gasteiger partial charge in [-0.05, 0) is 55.1 Å². The lowest BCUT2D eigenvalue weighted by Crippen LogP contribution is -2.46. The summed E-state index contributed by atoms with van der Waals surface area (Å²) in [4.78, 5) is 15.5. The molecule has 2 aromatic carbocycles. The fraction of sp³-hybridized carbons (Fsp3) is 0.516. The van der Waals surface area contributed by atoms with Gasteiger partial charge in [0.2, 0.25) is 0 Å². The Hall–Kier alpha value is -2.99. The maximum Gasteiger partial charge on any atom is 0.303 e. The second-order valence-corrected chi connectivity index (χ2v) is 13.5. The standard InChI is InChI=1S/C31H40FN5O4S/c1-3-36-14-13-33-24-19-37-27-17-22(31(38)34-42(39,40)35(2)15-16-36)9-11-25(27)29(21-7-5-4-6-8-21)30(37)26-12-10-23(32)18-28(26)41-20-24/h9-12,17-18,21,24,33H,3-8,13-16,19-20H2,1-2H3,(H,34,38). The molecule has 1 fully saturated rings. The molecule has 1 unspecified atom stereocenters. The molecule has 1 aromatic heterocycles. The third-order valence-electron chi connectivity index (χ3n) is 9.09. The Morgan fingerprint density at radius 3 is 2.64 bits per heavy atom. The van der Waals surface area contributed by atoms with E-state index in [1.807, 2.05) is 19.1 Å². The van der Waals surface area contributed by atoms with Crippen molar-refractivity contribution in [3.8, 4) is 17.0 Å². The third kappa shape index (κ3) is 5.67. The van der Waals surface area contributed by atoms with Gasteiger partial charge in [-0.1, -0.05) is 32.3 Å². The van der Waals surface area contributed by atoms with Gasteiger partial charge in [0.15, 0.2) is 0 Å². The summed E-state index contributed by atoms with van der Waals surface area (Å²) in [6, 6.07) is 10.2. The van der Waals surface area contributed by atoms with E-state index < -0.39 is 16.1 Å². The molecule has 3 aliphatic rings. The number of aromatic nitrogens is 1. The minimum atomic E-state index is -4.02. The number of likely N-dealkylation sites (N-methyl/N-ethyl adjacent to an activating group) is 2. The van der Waals surface area contributed by atoms with Crippen molar-refractivity contribution < 1.29 is 22.3 Å². The van der Waals surface area contributed by atoms with E-state index in [1.165, 1.54) is 35.5 Å². The number of halogens is 1. The first kappa shape index (κ1) is 29.1. The number of benzene rings is 2. The van der Waals surface area contributed by atoms with Gasteiger partial charge in [-0.25, -0.2) is 9.11 Å². The van der Waals surface area contributed by atoms with Crippen LogP contribution >= 0.6 is 0 Å². The van der Waals surface area contributed by atoms with E-state index in [9.17, 15) is 17.6 Å². The molecule has 0 spiro atoms. The molecule has 226 valence electrons. The van der Waals surface area contributed by atoms with Crippen LogP contribution in [0.25, 0.3) is 22.2 Å². The van der Waals surface area contributed by atoms with Gasteiger partial charge in [0.05, 0.1) is 11.7 Å². The number of carbonyl (C=O) groups excluding carboxylic acids is 1. The fourth-order valence-corrected chi connectivity index (χ4v) is 7.54. The van der Waals surface area contributed by atoms with Crippen LogP contribution < -0.4 is 14.8 Å². The minimum Gasteiger partial charge on any atom is -0.491 e. The van der Waals surface area contributed by atoms with Crippen molar-refractivity contribution in [1.29, 1.82) is 0 Å². The van der Waals surface area contributed by atoms with Gasteiger partial charge < -0.3 is 19.5 Å². The average Bonchev–Trinajstić information content (AvgIpc) is 3.28. The van der Waals surface area contributed by atoms with Crippen molar-refractivity contribution in [3.63, 3.8) is 0 Å². The monoisotopic (exact) mass is 597 g/mol. The molecule has 42 heavy (non-hydrogen) atoms. The van der Waals surface area contributed by atoms with E-state index in [0.717, 1.165) is 60.9 Å². The number of amides is 1. The summed E-state index contributed by atoms with van der Waals surface area (Å²) in [6.45, 7) is 5.93. The number of ether oxygens (including phenoxy) is 1. The molecule has 2 N–H and O–H groups in total. The predicted molar refractivity (Wildman–Crippen MR) is 162 cm³/mol. The van der Waals surface area contributed by atoms with Crippen molar-refractivity contribution in [1.82, 2.24) is 23.8 Å². The number of nitrogens with zero attached hydrogens (tertiary/aromatic N) is 3. The molecule has 6 rings (SSSR count). The molecular formula is C31H40FN5O4S. The highest BCUT2D eigenvalue weighted by Gasteiger charge is 2.31. The first-order valence-electron chi connectivity index (χ1n) is 15.1. The van der Waals surface area contributed by atoms with Crippen LogP contribution in [0.2, 0.25) is 0 Å². The zero-order valence-electron chi connectivity index (χ0n) is 24.4. The van der Waals surface area contributed by atoms with Crippen molar-refractivity contribution in [3.05, 3.63) is 53.3 Å². The average molecular weight is 598 g/mol.